The molecule has 1 aliphatic heterocycles. The molecule has 92 valence electrons. The quantitative estimate of drug-likeness (QED) is 0.765. The number of aromatic carboxylic acids is 1. The number of aromatic nitrogens is 2. The molecule has 1 unspecified atom stereocenters. The van der Waals surface area contributed by atoms with Gasteiger partial charge in [-0.1, -0.05) is 6.92 Å². The van der Waals surface area contributed by atoms with Crippen LogP contribution in [0.5, 0.6) is 0 Å². The van der Waals surface area contributed by atoms with Gasteiger partial charge in [-0.2, -0.15) is 0 Å². The summed E-state index contributed by atoms with van der Waals surface area (Å²) in [6.07, 6.45) is 1.95. The van der Waals surface area contributed by atoms with Crippen LogP contribution in [0.3, 0.4) is 0 Å². The Kier molecular flexibility index (Phi) is 3.23. The van der Waals surface area contributed by atoms with Crippen LogP contribution in [-0.4, -0.2) is 39.6 Å². The van der Waals surface area contributed by atoms with E-state index in [1.54, 1.807) is 0 Å². The van der Waals surface area contributed by atoms with Crippen LogP contribution in [0, 0.1) is 0 Å². The molecule has 1 fully saturated rings. The predicted molar refractivity (Wildman–Crippen MR) is 58.3 cm³/mol. The number of aryl methyl sites for hydroxylation is 1. The zero-order chi connectivity index (χ0) is 12.4. The monoisotopic (exact) mass is 238 g/mol. The molecule has 1 aromatic heterocycles. The summed E-state index contributed by atoms with van der Waals surface area (Å²) in [5.41, 5.74) is 0.545. The van der Waals surface area contributed by atoms with Gasteiger partial charge in [-0.05, 0) is 12.8 Å². The van der Waals surface area contributed by atoms with Crippen LogP contribution >= 0.6 is 0 Å². The Bertz CT molecular complexity index is 449. The van der Waals surface area contributed by atoms with Crippen molar-refractivity contribution >= 4 is 12.3 Å². The molecule has 0 aliphatic carbocycles. The molecule has 6 heteroatoms. The highest BCUT2D eigenvalue weighted by Crippen LogP contribution is 2.18. The SMILES string of the molecule is CCc1nc(C=O)n(CC2CCO2)c1C(=O)O. The van der Waals surface area contributed by atoms with E-state index in [4.69, 9.17) is 4.74 Å². The van der Waals surface area contributed by atoms with Crippen LogP contribution in [0.2, 0.25) is 0 Å². The van der Waals surface area contributed by atoms with Gasteiger partial charge in [0.25, 0.3) is 0 Å². The lowest BCUT2D eigenvalue weighted by Crippen LogP contribution is -2.33. The Morgan fingerprint density at radius 1 is 1.71 bits per heavy atom. The molecule has 1 aliphatic rings. The number of nitrogens with zero attached hydrogens (tertiary/aromatic N) is 2. The number of carboxylic acid groups (broad SMARTS) is 1. The van der Waals surface area contributed by atoms with Crippen LogP contribution in [0.15, 0.2) is 0 Å². The summed E-state index contributed by atoms with van der Waals surface area (Å²) in [5, 5.41) is 9.17. The zero-order valence-electron chi connectivity index (χ0n) is 9.55. The smallest absolute Gasteiger partial charge is 0.354 e. The van der Waals surface area contributed by atoms with Gasteiger partial charge in [-0.15, -0.1) is 0 Å². The van der Waals surface area contributed by atoms with Gasteiger partial charge in [0.05, 0.1) is 18.3 Å². The fraction of sp³-hybridized carbons (Fsp3) is 0.545. The van der Waals surface area contributed by atoms with E-state index in [0.717, 1.165) is 6.42 Å². The lowest BCUT2D eigenvalue weighted by atomic mass is 10.2. The van der Waals surface area contributed by atoms with Crippen LogP contribution < -0.4 is 0 Å². The standard InChI is InChI=1S/C11H14N2O4/c1-2-8-10(11(15)16)13(9(6-14)12-8)5-7-3-4-17-7/h6-7H,2-5H2,1H3,(H,15,16). The van der Waals surface area contributed by atoms with Crippen molar-refractivity contribution in [1.29, 1.82) is 0 Å². The molecule has 0 saturated carbocycles. The van der Waals surface area contributed by atoms with E-state index in [0.29, 0.717) is 31.6 Å². The van der Waals surface area contributed by atoms with Gasteiger partial charge in [0.2, 0.25) is 0 Å². The largest absolute Gasteiger partial charge is 0.477 e. The maximum atomic E-state index is 11.2. The average molecular weight is 238 g/mol. The molecule has 2 heterocycles. The number of aldehydes is 1. The molecule has 0 radical (unpaired) electrons. The van der Waals surface area contributed by atoms with Crippen LogP contribution in [0.1, 0.15) is 40.1 Å². The molecular formula is C11H14N2O4. The number of rotatable bonds is 5. The zero-order valence-corrected chi connectivity index (χ0v) is 9.55. The first-order valence-corrected chi connectivity index (χ1v) is 5.56. The first kappa shape index (κ1) is 11.8. The van der Waals surface area contributed by atoms with Gasteiger partial charge in [-0.3, -0.25) is 4.79 Å². The highest BCUT2D eigenvalue weighted by Gasteiger charge is 2.26. The molecule has 0 amide bonds. The molecular weight excluding hydrogens is 224 g/mol. The highest BCUT2D eigenvalue weighted by molar-refractivity contribution is 5.88. The van der Waals surface area contributed by atoms with Crippen LogP contribution in [-0.2, 0) is 17.7 Å². The number of imidazole rings is 1. The first-order valence-electron chi connectivity index (χ1n) is 5.56. The topological polar surface area (TPSA) is 81.4 Å². The van der Waals surface area contributed by atoms with Crippen LogP contribution in [0.25, 0.3) is 0 Å². The number of carbonyl (C=O) groups excluding carboxylic acids is 1. The lowest BCUT2D eigenvalue weighted by Gasteiger charge is -2.27. The van der Waals surface area contributed by atoms with Gasteiger partial charge in [0.1, 0.15) is 0 Å². The molecule has 2 rings (SSSR count). The predicted octanol–water partition coefficient (Wildman–Crippen LogP) is 0.745. The third kappa shape index (κ3) is 2.08. The Hall–Kier alpha value is -1.69. The molecule has 17 heavy (non-hydrogen) atoms. The molecule has 1 aromatic rings. The van der Waals surface area contributed by atoms with Crippen molar-refractivity contribution in [2.24, 2.45) is 0 Å². The Labute approximate surface area is 98.2 Å². The number of ether oxygens (including phenoxy) is 1. The van der Waals surface area contributed by atoms with E-state index in [1.807, 2.05) is 6.92 Å². The normalized spacial score (nSPS) is 18.8. The molecule has 1 atom stereocenters. The second-order valence-electron chi connectivity index (χ2n) is 3.93. The minimum Gasteiger partial charge on any atom is -0.477 e. The van der Waals surface area contributed by atoms with E-state index >= 15 is 0 Å². The molecule has 0 aromatic carbocycles. The summed E-state index contributed by atoms with van der Waals surface area (Å²) in [5.74, 6) is -0.892. The van der Waals surface area contributed by atoms with Crippen molar-refractivity contribution in [2.75, 3.05) is 6.61 Å². The summed E-state index contributed by atoms with van der Waals surface area (Å²) in [7, 11) is 0. The number of hydrogen-bond acceptors (Lipinski definition) is 4. The number of hydrogen-bond donors (Lipinski definition) is 1. The van der Waals surface area contributed by atoms with Gasteiger partial charge in [-0.25, -0.2) is 9.78 Å². The fourth-order valence-corrected chi connectivity index (χ4v) is 1.91. The third-order valence-corrected chi connectivity index (χ3v) is 2.89. The van der Waals surface area contributed by atoms with E-state index in [9.17, 15) is 14.7 Å². The van der Waals surface area contributed by atoms with Crippen molar-refractivity contribution in [3.8, 4) is 0 Å². The number of carbonyl (C=O) groups is 2. The number of carboxylic acids is 1. The first-order chi connectivity index (χ1) is 8.17. The van der Waals surface area contributed by atoms with Gasteiger partial charge >= 0.3 is 5.97 Å². The van der Waals surface area contributed by atoms with Gasteiger partial charge in [0.15, 0.2) is 17.8 Å². The second kappa shape index (κ2) is 4.67. The third-order valence-electron chi connectivity index (χ3n) is 2.89. The fourth-order valence-electron chi connectivity index (χ4n) is 1.91. The molecule has 1 N–H and O–H groups in total. The van der Waals surface area contributed by atoms with Crippen molar-refractivity contribution in [1.82, 2.24) is 9.55 Å². The van der Waals surface area contributed by atoms with E-state index < -0.39 is 5.97 Å². The summed E-state index contributed by atoms with van der Waals surface area (Å²) < 4.78 is 6.70. The molecule has 0 bridgehead atoms. The van der Waals surface area contributed by atoms with E-state index in [-0.39, 0.29) is 17.6 Å². The minimum atomic E-state index is -1.05. The summed E-state index contributed by atoms with van der Waals surface area (Å²) >= 11 is 0. The second-order valence-corrected chi connectivity index (χ2v) is 3.93. The maximum absolute atomic E-state index is 11.2. The van der Waals surface area contributed by atoms with Crippen molar-refractivity contribution in [2.45, 2.75) is 32.4 Å². The highest BCUT2D eigenvalue weighted by atomic mass is 16.5. The van der Waals surface area contributed by atoms with E-state index in [1.165, 1.54) is 4.57 Å². The van der Waals surface area contributed by atoms with E-state index in [2.05, 4.69) is 4.98 Å². The van der Waals surface area contributed by atoms with Crippen molar-refractivity contribution < 1.29 is 19.4 Å². The summed E-state index contributed by atoms with van der Waals surface area (Å²) in [6, 6.07) is 0. The molecule has 1 saturated heterocycles. The van der Waals surface area contributed by atoms with Crippen molar-refractivity contribution in [3.05, 3.63) is 17.2 Å². The summed E-state index contributed by atoms with van der Waals surface area (Å²) in [6.45, 7) is 2.88. The summed E-state index contributed by atoms with van der Waals surface area (Å²) in [4.78, 5) is 26.1. The van der Waals surface area contributed by atoms with Crippen LogP contribution in [0.4, 0.5) is 0 Å². The molecule has 6 nitrogen and oxygen atoms in total. The Morgan fingerprint density at radius 3 is 2.82 bits per heavy atom. The molecule has 0 spiro atoms. The average Bonchev–Trinajstić information content (AvgIpc) is 2.61. The van der Waals surface area contributed by atoms with Crippen molar-refractivity contribution in [3.63, 3.8) is 0 Å². The minimum absolute atomic E-state index is 0.00861. The van der Waals surface area contributed by atoms with Gasteiger partial charge in [0, 0.05) is 6.61 Å². The Morgan fingerprint density at radius 2 is 2.41 bits per heavy atom. The maximum Gasteiger partial charge on any atom is 0.354 e. The van der Waals surface area contributed by atoms with Gasteiger partial charge < -0.3 is 14.4 Å². The lowest BCUT2D eigenvalue weighted by molar-refractivity contribution is -0.0596. The Balaban J connectivity index is 2.40.